The molecule has 0 unspecified atom stereocenters. The number of nitrogens with zero attached hydrogens (tertiary/aromatic N) is 3. The van der Waals surface area contributed by atoms with Crippen LogP contribution in [-0.2, 0) is 19.5 Å². The number of phenolic OH excluding ortho intramolecular Hbond substituents is 1. The minimum absolute atomic E-state index is 0. The third-order valence-corrected chi connectivity index (χ3v) is 5.37. The molecule has 6 rings (SSSR count). The van der Waals surface area contributed by atoms with Gasteiger partial charge in [-0.15, -0.1) is 35.9 Å². The minimum Gasteiger partial charge on any atom is -0.507 e. The van der Waals surface area contributed by atoms with E-state index in [2.05, 4.69) is 15.6 Å². The quantitative estimate of drug-likeness (QED) is 0.194. The van der Waals surface area contributed by atoms with Crippen molar-refractivity contribution >= 4 is 11.0 Å². The molecule has 0 amide bonds. The van der Waals surface area contributed by atoms with Crippen LogP contribution in [0.5, 0.6) is 5.75 Å². The van der Waals surface area contributed by atoms with E-state index < -0.39 is 0 Å². The van der Waals surface area contributed by atoms with Crippen LogP contribution >= 0.6 is 0 Å². The summed E-state index contributed by atoms with van der Waals surface area (Å²) in [6.07, 6.45) is 1.79. The van der Waals surface area contributed by atoms with Gasteiger partial charge in [-0.3, -0.25) is 4.57 Å². The zero-order valence-electron chi connectivity index (χ0n) is 18.7. The maximum atomic E-state index is 10.2. The van der Waals surface area contributed by atoms with Gasteiger partial charge in [0.25, 0.3) is 0 Å². The van der Waals surface area contributed by atoms with Gasteiger partial charge in [0.05, 0.1) is 16.6 Å². The van der Waals surface area contributed by atoms with E-state index in [1.165, 1.54) is 0 Å². The van der Waals surface area contributed by atoms with E-state index in [-0.39, 0.29) is 25.2 Å². The van der Waals surface area contributed by atoms with Crippen LogP contribution in [-0.4, -0.2) is 19.6 Å². The van der Waals surface area contributed by atoms with Crippen LogP contribution in [0, 0.1) is 6.07 Å². The Bertz CT molecular complexity index is 1460. The second-order valence-corrected chi connectivity index (χ2v) is 7.60. The standard InChI is InChI=1S/C19H14N2O.C11H8N.Rh/c22-18-13-7-4-10-15(18)19-20-16-11-5-6-12-17(16)21(19)14-8-2-1-3-9-14;1-2-6-10(7-3-1)11-8-4-5-9-12-11;/h1-13,22H;1-6,8-9H;/q;-1;. The molecule has 0 fully saturated rings. The van der Waals surface area contributed by atoms with Crippen molar-refractivity contribution in [1.82, 2.24) is 14.5 Å². The van der Waals surface area contributed by atoms with Gasteiger partial charge in [0, 0.05) is 31.4 Å². The summed E-state index contributed by atoms with van der Waals surface area (Å²) in [5, 5.41) is 10.2. The van der Waals surface area contributed by atoms with Crippen molar-refractivity contribution in [2.45, 2.75) is 0 Å². The van der Waals surface area contributed by atoms with Gasteiger partial charge in [-0.2, -0.15) is 0 Å². The normalized spacial score (nSPS) is 10.2. The number of rotatable bonds is 3. The van der Waals surface area contributed by atoms with Crippen LogP contribution in [0.4, 0.5) is 0 Å². The van der Waals surface area contributed by atoms with E-state index in [0.717, 1.165) is 39.4 Å². The number of aromatic nitrogens is 3. The van der Waals surface area contributed by atoms with Gasteiger partial charge >= 0.3 is 0 Å². The molecule has 1 radical (unpaired) electrons. The van der Waals surface area contributed by atoms with Crippen LogP contribution in [0.2, 0.25) is 0 Å². The van der Waals surface area contributed by atoms with Crippen molar-refractivity contribution in [3.8, 4) is 34.1 Å². The first kappa shape index (κ1) is 24.1. The van der Waals surface area contributed by atoms with E-state index in [4.69, 9.17) is 4.98 Å². The van der Waals surface area contributed by atoms with Gasteiger partial charge < -0.3 is 10.1 Å². The largest absolute Gasteiger partial charge is 0.507 e. The van der Waals surface area contributed by atoms with Crippen LogP contribution < -0.4 is 0 Å². The summed E-state index contributed by atoms with van der Waals surface area (Å²) in [6, 6.07) is 42.2. The Morgan fingerprint density at radius 1 is 0.686 bits per heavy atom. The fourth-order valence-electron chi connectivity index (χ4n) is 3.78. The number of para-hydroxylation sites is 4. The molecule has 0 saturated heterocycles. The summed E-state index contributed by atoms with van der Waals surface area (Å²) in [5.41, 5.74) is 5.68. The maximum Gasteiger partial charge on any atom is 0.149 e. The summed E-state index contributed by atoms with van der Waals surface area (Å²) >= 11 is 0. The summed E-state index contributed by atoms with van der Waals surface area (Å²) in [4.78, 5) is 8.94. The van der Waals surface area contributed by atoms with Crippen LogP contribution in [0.15, 0.2) is 128 Å². The Labute approximate surface area is 217 Å². The van der Waals surface area contributed by atoms with Gasteiger partial charge in [0.1, 0.15) is 11.6 Å². The first-order chi connectivity index (χ1) is 16.8. The number of hydrogen-bond acceptors (Lipinski definition) is 3. The average Bonchev–Trinajstić information content (AvgIpc) is 3.30. The van der Waals surface area contributed by atoms with Gasteiger partial charge in [0.2, 0.25) is 0 Å². The summed E-state index contributed by atoms with van der Waals surface area (Å²) < 4.78 is 2.07. The molecule has 0 spiro atoms. The zero-order valence-corrected chi connectivity index (χ0v) is 20.4. The molecule has 5 heteroatoms. The second kappa shape index (κ2) is 11.4. The molecule has 4 aromatic carbocycles. The average molecular weight is 543 g/mol. The molecular weight excluding hydrogens is 521 g/mol. The number of hydrogen-bond donors (Lipinski definition) is 1. The van der Waals surface area contributed by atoms with Crippen molar-refractivity contribution in [2.24, 2.45) is 0 Å². The van der Waals surface area contributed by atoms with Gasteiger partial charge in [0.15, 0.2) is 0 Å². The topological polar surface area (TPSA) is 50.9 Å². The third kappa shape index (κ3) is 5.37. The monoisotopic (exact) mass is 543 g/mol. The maximum absolute atomic E-state index is 10.2. The number of imidazole rings is 1. The fraction of sp³-hybridized carbons (Fsp3) is 0. The molecule has 4 nitrogen and oxygen atoms in total. The number of fused-ring (bicyclic) bond motifs is 1. The number of aromatic hydroxyl groups is 1. The van der Waals surface area contributed by atoms with E-state index in [9.17, 15) is 5.11 Å². The molecule has 0 aliphatic heterocycles. The molecule has 2 heterocycles. The van der Waals surface area contributed by atoms with Gasteiger partial charge in [-0.25, -0.2) is 4.98 Å². The smallest absolute Gasteiger partial charge is 0.149 e. The molecule has 35 heavy (non-hydrogen) atoms. The van der Waals surface area contributed by atoms with E-state index in [0.29, 0.717) is 0 Å². The first-order valence-corrected chi connectivity index (χ1v) is 11.0. The fourth-order valence-corrected chi connectivity index (χ4v) is 3.78. The summed E-state index contributed by atoms with van der Waals surface area (Å²) in [6.45, 7) is 0. The first-order valence-electron chi connectivity index (χ1n) is 11.0. The Kier molecular flexibility index (Phi) is 7.82. The number of benzene rings is 4. The third-order valence-electron chi connectivity index (χ3n) is 5.37. The van der Waals surface area contributed by atoms with Crippen molar-refractivity contribution in [3.63, 3.8) is 0 Å². The van der Waals surface area contributed by atoms with Crippen molar-refractivity contribution < 1.29 is 24.6 Å². The predicted octanol–water partition coefficient (Wildman–Crippen LogP) is 6.94. The molecule has 6 aromatic rings. The Morgan fingerprint density at radius 2 is 1.40 bits per heavy atom. The van der Waals surface area contributed by atoms with E-state index in [1.54, 1.807) is 12.3 Å². The van der Waals surface area contributed by atoms with Crippen LogP contribution in [0.3, 0.4) is 0 Å². The summed E-state index contributed by atoms with van der Waals surface area (Å²) in [7, 11) is 0. The van der Waals surface area contributed by atoms with E-state index >= 15 is 0 Å². The zero-order chi connectivity index (χ0) is 23.2. The molecule has 0 bridgehead atoms. The molecule has 0 aliphatic carbocycles. The van der Waals surface area contributed by atoms with E-state index in [1.807, 2.05) is 115 Å². The van der Waals surface area contributed by atoms with Crippen LogP contribution in [0.25, 0.3) is 39.4 Å². The SMILES string of the molecule is Oc1ccccc1-c1nc2ccccc2n1-c1ccccc1.[Rh].[c-]1ccccc1-c1ccccn1. The predicted molar refractivity (Wildman–Crippen MR) is 137 cm³/mol. The van der Waals surface area contributed by atoms with Gasteiger partial charge in [-0.1, -0.05) is 54.6 Å². The van der Waals surface area contributed by atoms with Crippen molar-refractivity contribution in [1.29, 1.82) is 0 Å². The Morgan fingerprint density at radius 3 is 2.14 bits per heavy atom. The van der Waals surface area contributed by atoms with Crippen molar-refractivity contribution in [2.75, 3.05) is 0 Å². The second-order valence-electron chi connectivity index (χ2n) is 7.60. The van der Waals surface area contributed by atoms with Crippen LogP contribution in [0.1, 0.15) is 0 Å². The number of phenols is 1. The molecule has 1 N–H and O–H groups in total. The molecule has 0 aliphatic rings. The Balaban J connectivity index is 0.000000189. The Hall–Kier alpha value is -4.08. The minimum atomic E-state index is 0. The van der Waals surface area contributed by atoms with Gasteiger partial charge in [-0.05, 0) is 48.2 Å². The molecule has 0 saturated carbocycles. The molecule has 2 aromatic heterocycles. The molecule has 173 valence electrons. The van der Waals surface area contributed by atoms with Crippen molar-refractivity contribution in [3.05, 3.63) is 134 Å². The molecular formula is C30H22N3ORh-. The number of pyridine rings is 1. The summed E-state index contributed by atoms with van der Waals surface area (Å²) in [5.74, 6) is 0.973. The molecule has 0 atom stereocenters.